The normalized spacial score (nSPS) is 14.2. The quantitative estimate of drug-likeness (QED) is 0.152. The lowest BCUT2D eigenvalue weighted by molar-refractivity contribution is -0.197. The Bertz CT molecular complexity index is 1410. The Morgan fingerprint density at radius 2 is 1.20 bits per heavy atom. The Hall–Kier alpha value is -4.47. The minimum atomic E-state index is -0.783. The monoisotopic (exact) mass is 713 g/mol. The highest BCUT2D eigenvalue weighted by molar-refractivity contribution is 6.01. The Morgan fingerprint density at radius 1 is 0.706 bits per heavy atom. The Balaban J connectivity index is 2.15. The summed E-state index contributed by atoms with van der Waals surface area (Å²) >= 11 is 0. The van der Waals surface area contributed by atoms with Crippen LogP contribution < -0.4 is 5.32 Å². The van der Waals surface area contributed by atoms with Crippen molar-refractivity contribution < 1.29 is 48.0 Å². The molecule has 1 fully saturated rings. The third-order valence-corrected chi connectivity index (χ3v) is 7.97. The van der Waals surface area contributed by atoms with Gasteiger partial charge in [-0.05, 0) is 72.1 Å². The lowest BCUT2D eigenvalue weighted by Gasteiger charge is -2.37. The topological polar surface area (TPSA) is 188 Å². The number of nitrogens with zero attached hydrogens (tertiary/aromatic N) is 4. The molecule has 1 N–H and O–H groups in total. The minimum absolute atomic E-state index is 0.00740. The van der Waals surface area contributed by atoms with E-state index in [1.807, 2.05) is 24.0 Å². The summed E-state index contributed by atoms with van der Waals surface area (Å²) in [5.74, 6) is -2.84. The van der Waals surface area contributed by atoms with Gasteiger partial charge in [0.2, 0.25) is 5.91 Å². The van der Waals surface area contributed by atoms with Gasteiger partial charge in [0.25, 0.3) is 11.8 Å². The zero-order valence-electron chi connectivity index (χ0n) is 30.5. The summed E-state index contributed by atoms with van der Waals surface area (Å²) in [6.07, 6.45) is 0.350. The number of hydrogen-bond acceptors (Lipinski definition) is 13. The summed E-state index contributed by atoms with van der Waals surface area (Å²) in [7, 11) is 0. The van der Waals surface area contributed by atoms with Crippen LogP contribution >= 0.6 is 0 Å². The van der Waals surface area contributed by atoms with Crippen LogP contribution in [-0.2, 0) is 54.4 Å². The van der Waals surface area contributed by atoms with E-state index < -0.39 is 17.8 Å². The molecule has 15 nitrogen and oxygen atoms in total. The zero-order chi connectivity index (χ0) is 38.2. The first kappa shape index (κ1) is 42.7. The largest absolute Gasteiger partial charge is 0.333 e. The molecule has 0 radical (unpaired) electrons. The van der Waals surface area contributed by atoms with Gasteiger partial charge in [-0.2, -0.15) is 0 Å². The number of benzene rings is 1. The number of ketones is 5. The molecule has 1 heterocycles. The number of rotatable bonds is 24. The molecule has 1 aliphatic rings. The number of Topliss-reactive ketones (excluding diaryl/α,β-unsaturated/α-hetero) is 5. The fourth-order valence-corrected chi connectivity index (χ4v) is 5.86. The highest BCUT2D eigenvalue weighted by Crippen LogP contribution is 2.17. The van der Waals surface area contributed by atoms with E-state index in [1.54, 1.807) is 21.9 Å². The van der Waals surface area contributed by atoms with Crippen LogP contribution in [0.3, 0.4) is 0 Å². The average Bonchev–Trinajstić information content (AvgIpc) is 3.31. The molecule has 15 heteroatoms. The second kappa shape index (κ2) is 21.0. The number of carbonyl (C=O) groups is 9. The molecule has 1 aliphatic heterocycles. The van der Waals surface area contributed by atoms with Crippen LogP contribution in [-0.4, -0.2) is 130 Å². The summed E-state index contributed by atoms with van der Waals surface area (Å²) in [4.78, 5) is 119. The molecule has 0 spiro atoms. The van der Waals surface area contributed by atoms with Crippen LogP contribution in [0, 0.1) is 0 Å². The molecule has 1 saturated heterocycles. The lowest BCUT2D eigenvalue weighted by Crippen LogP contribution is -2.52. The minimum Gasteiger partial charge on any atom is -0.330 e. The van der Waals surface area contributed by atoms with E-state index in [0.29, 0.717) is 30.3 Å². The van der Waals surface area contributed by atoms with E-state index in [2.05, 4.69) is 5.32 Å². The van der Waals surface area contributed by atoms with Crippen molar-refractivity contribution in [2.24, 2.45) is 0 Å². The standard InChI is InChI=1S/C36H51N5O10/c1-24(39(19-26(3)43)20-27(4)44)17-38(18-25(2)42)23-32(40(21-28(5)45)22-29(6)46)16-30-10-12-31(13-11-30)37-33(47)8-7-9-36(50)51-41-34(48)14-15-35(41)49/h10-13,24,32H,7-9,14-23H2,1-6H3,(H,37,47). The predicted molar refractivity (Wildman–Crippen MR) is 186 cm³/mol. The fourth-order valence-electron chi connectivity index (χ4n) is 5.86. The molecule has 2 unspecified atom stereocenters. The fraction of sp³-hybridized carbons (Fsp3) is 0.583. The molecule has 51 heavy (non-hydrogen) atoms. The van der Waals surface area contributed by atoms with E-state index in [1.165, 1.54) is 34.6 Å². The number of amides is 3. The molecular weight excluding hydrogens is 662 g/mol. The molecule has 1 aromatic rings. The first-order valence-corrected chi connectivity index (χ1v) is 17.1. The summed E-state index contributed by atoms with van der Waals surface area (Å²) in [6, 6.07) is 6.39. The number of imide groups is 1. The van der Waals surface area contributed by atoms with Gasteiger partial charge < -0.3 is 10.2 Å². The van der Waals surface area contributed by atoms with Gasteiger partial charge in [-0.15, -0.1) is 5.06 Å². The van der Waals surface area contributed by atoms with Gasteiger partial charge in [0, 0.05) is 56.5 Å². The summed E-state index contributed by atoms with van der Waals surface area (Å²) in [5, 5.41) is 3.23. The average molecular weight is 714 g/mol. The number of hydroxylamine groups is 2. The Kier molecular flexibility index (Phi) is 17.6. The third kappa shape index (κ3) is 16.4. The lowest BCUT2D eigenvalue weighted by atomic mass is 10.0. The number of anilines is 1. The molecule has 2 rings (SSSR count). The third-order valence-electron chi connectivity index (χ3n) is 7.97. The van der Waals surface area contributed by atoms with Crippen molar-refractivity contribution in [1.82, 2.24) is 19.8 Å². The van der Waals surface area contributed by atoms with Crippen LogP contribution in [0.4, 0.5) is 5.69 Å². The summed E-state index contributed by atoms with van der Waals surface area (Å²) < 4.78 is 0. The van der Waals surface area contributed by atoms with Crippen molar-refractivity contribution in [3.63, 3.8) is 0 Å². The van der Waals surface area contributed by atoms with E-state index in [0.717, 1.165) is 5.56 Å². The van der Waals surface area contributed by atoms with E-state index in [4.69, 9.17) is 4.84 Å². The van der Waals surface area contributed by atoms with Crippen molar-refractivity contribution >= 4 is 58.3 Å². The zero-order valence-corrected chi connectivity index (χ0v) is 30.5. The first-order chi connectivity index (χ1) is 23.9. The molecule has 0 bridgehead atoms. The summed E-state index contributed by atoms with van der Waals surface area (Å²) in [5.41, 5.74) is 1.35. The van der Waals surface area contributed by atoms with Gasteiger partial charge in [0.1, 0.15) is 28.9 Å². The van der Waals surface area contributed by atoms with E-state index >= 15 is 0 Å². The smallest absolute Gasteiger partial charge is 0.330 e. The van der Waals surface area contributed by atoms with Crippen LogP contribution in [0.2, 0.25) is 0 Å². The van der Waals surface area contributed by atoms with Gasteiger partial charge in [0.15, 0.2) is 0 Å². The Labute approximate surface area is 298 Å². The molecule has 3 amide bonds. The van der Waals surface area contributed by atoms with Gasteiger partial charge >= 0.3 is 5.97 Å². The van der Waals surface area contributed by atoms with Gasteiger partial charge in [0.05, 0.1) is 32.7 Å². The van der Waals surface area contributed by atoms with Crippen LogP contribution in [0.5, 0.6) is 0 Å². The van der Waals surface area contributed by atoms with Gasteiger partial charge in [-0.1, -0.05) is 12.1 Å². The van der Waals surface area contributed by atoms with Crippen molar-refractivity contribution in [2.75, 3.05) is 51.1 Å². The highest BCUT2D eigenvalue weighted by Gasteiger charge is 2.33. The molecule has 0 aromatic heterocycles. The van der Waals surface area contributed by atoms with Crippen LogP contribution in [0.25, 0.3) is 0 Å². The van der Waals surface area contributed by atoms with Crippen molar-refractivity contribution in [2.45, 2.75) is 92.2 Å². The molecule has 0 aliphatic carbocycles. The number of nitrogens with one attached hydrogen (secondary N) is 1. The SMILES string of the molecule is CC(=O)CN(CC(C)N(CC(C)=O)CC(C)=O)CC(Cc1ccc(NC(=O)CCCC(=O)ON2C(=O)CCC2=O)cc1)N(CC(C)=O)CC(C)=O. The van der Waals surface area contributed by atoms with E-state index in [-0.39, 0.29) is 112 Å². The summed E-state index contributed by atoms with van der Waals surface area (Å²) in [6.45, 7) is 10.1. The van der Waals surface area contributed by atoms with Crippen molar-refractivity contribution in [3.05, 3.63) is 29.8 Å². The van der Waals surface area contributed by atoms with Crippen molar-refractivity contribution in [1.29, 1.82) is 0 Å². The highest BCUT2D eigenvalue weighted by atomic mass is 16.7. The molecule has 1 aromatic carbocycles. The molecule has 280 valence electrons. The van der Waals surface area contributed by atoms with E-state index in [9.17, 15) is 43.2 Å². The first-order valence-electron chi connectivity index (χ1n) is 17.1. The maximum atomic E-state index is 12.5. The maximum Gasteiger partial charge on any atom is 0.333 e. The second-order valence-corrected chi connectivity index (χ2v) is 13.4. The van der Waals surface area contributed by atoms with Gasteiger partial charge in [-0.25, -0.2) is 4.79 Å². The molecule has 2 atom stereocenters. The molecular formula is C36H51N5O10. The molecule has 0 saturated carbocycles. The van der Waals surface area contributed by atoms with Crippen LogP contribution in [0.15, 0.2) is 24.3 Å². The second-order valence-electron chi connectivity index (χ2n) is 13.4. The number of carbonyl (C=O) groups excluding carboxylic acids is 9. The van der Waals surface area contributed by atoms with Crippen molar-refractivity contribution in [3.8, 4) is 0 Å². The predicted octanol–water partition coefficient (Wildman–Crippen LogP) is 1.55. The Morgan fingerprint density at radius 3 is 1.69 bits per heavy atom. The maximum absolute atomic E-state index is 12.5. The van der Waals surface area contributed by atoms with Gasteiger partial charge in [-0.3, -0.25) is 53.1 Å². The number of hydrogen-bond donors (Lipinski definition) is 1. The van der Waals surface area contributed by atoms with Crippen LogP contribution in [0.1, 0.15) is 79.2 Å².